The van der Waals surface area contributed by atoms with Crippen LogP contribution in [0.15, 0.2) is 17.3 Å². The van der Waals surface area contributed by atoms with Gasteiger partial charge in [-0.15, -0.1) is 0 Å². The summed E-state index contributed by atoms with van der Waals surface area (Å²) < 4.78 is 18.9. The van der Waals surface area contributed by atoms with Gasteiger partial charge in [0, 0.05) is 36.8 Å². The molecule has 4 rings (SSSR count). The van der Waals surface area contributed by atoms with Crippen LogP contribution in [0.1, 0.15) is 65.0 Å². The number of amidine groups is 1. The quantitative estimate of drug-likeness (QED) is 0.373. The molecule has 1 aromatic rings. The minimum absolute atomic E-state index is 0.0575. The Morgan fingerprint density at radius 1 is 1.34 bits per heavy atom. The van der Waals surface area contributed by atoms with Crippen LogP contribution in [0.5, 0.6) is 0 Å². The second-order valence-electron chi connectivity index (χ2n) is 10.3. The van der Waals surface area contributed by atoms with E-state index in [1.807, 2.05) is 31.7 Å². The summed E-state index contributed by atoms with van der Waals surface area (Å²) in [5, 5.41) is 17.4. The number of amides is 1. The molecule has 1 saturated carbocycles. The third-order valence-corrected chi connectivity index (χ3v) is 7.57. The second-order valence-corrected chi connectivity index (χ2v) is 10.3. The van der Waals surface area contributed by atoms with Crippen LogP contribution in [0.4, 0.5) is 4.79 Å². The van der Waals surface area contributed by atoms with Crippen LogP contribution >= 0.6 is 0 Å². The first-order valence-corrected chi connectivity index (χ1v) is 13.8. The number of ether oxygens (including phenoxy) is 3. The number of nitrogens with one attached hydrogen (secondary N) is 3. The average molecular weight is 530 g/mol. The molecule has 2 fully saturated rings. The fourth-order valence-corrected chi connectivity index (χ4v) is 5.19. The third-order valence-electron chi connectivity index (χ3n) is 7.57. The molecule has 2 aliphatic heterocycles. The molecule has 1 aromatic heterocycles. The van der Waals surface area contributed by atoms with Crippen LogP contribution in [-0.4, -0.2) is 59.2 Å². The Kier molecular flexibility index (Phi) is 9.68. The normalized spacial score (nSPS) is 27.1. The van der Waals surface area contributed by atoms with Gasteiger partial charge in [0.1, 0.15) is 11.9 Å². The predicted octanol–water partition coefficient (Wildman–Crippen LogP) is 1.07. The first kappa shape index (κ1) is 28.0. The number of alkyl carbamates (subject to hydrolysis) is 1. The number of rotatable bonds is 9. The summed E-state index contributed by atoms with van der Waals surface area (Å²) in [5.74, 6) is 1.08. The van der Waals surface area contributed by atoms with Crippen LogP contribution in [0, 0.1) is 5.92 Å². The van der Waals surface area contributed by atoms with Gasteiger partial charge in [-0.05, 0) is 57.4 Å². The lowest BCUT2D eigenvalue weighted by atomic mass is 9.97. The van der Waals surface area contributed by atoms with Crippen molar-refractivity contribution in [2.75, 3.05) is 13.2 Å². The van der Waals surface area contributed by atoms with Crippen molar-refractivity contribution in [2.45, 2.75) is 90.2 Å². The van der Waals surface area contributed by atoms with Crippen LogP contribution in [0.2, 0.25) is 0 Å². The molecule has 1 amide bonds. The standard InChI is InChI=1S/C27H43N7O4/c1-5-17(3)29-27(35)38-19-8-7-18(13-19)23-9-10-25(32-31-23)30-22(6-2)26-21(14-28)24(33-34(26)4)16-37-20-11-12-36-15-20/h9-10,14,17-20,23,31H,5-8,11-13,15-16,28H2,1-4H3,(H,29,35)(H,30,32)/b21-14-,26-22-. The van der Waals surface area contributed by atoms with Gasteiger partial charge in [0.15, 0.2) is 0 Å². The Balaban J connectivity index is 1.37. The lowest BCUT2D eigenvalue weighted by molar-refractivity contribution is 0.0296. The zero-order chi connectivity index (χ0) is 27.1. The van der Waals surface area contributed by atoms with Gasteiger partial charge in [0.2, 0.25) is 0 Å². The maximum atomic E-state index is 12.1. The van der Waals surface area contributed by atoms with Gasteiger partial charge in [-0.1, -0.05) is 19.9 Å². The van der Waals surface area contributed by atoms with Crippen molar-refractivity contribution in [3.63, 3.8) is 0 Å². The number of carbonyl (C=O) groups excluding carboxylic acids is 1. The van der Waals surface area contributed by atoms with Crippen molar-refractivity contribution in [1.29, 1.82) is 0 Å². The zero-order valence-corrected chi connectivity index (χ0v) is 23.0. The van der Waals surface area contributed by atoms with E-state index in [1.165, 1.54) is 0 Å². The van der Waals surface area contributed by atoms with Crippen molar-refractivity contribution in [2.24, 2.45) is 23.8 Å². The van der Waals surface area contributed by atoms with E-state index in [0.717, 1.165) is 72.9 Å². The molecule has 1 saturated heterocycles. The summed E-state index contributed by atoms with van der Waals surface area (Å²) >= 11 is 0. The number of nitrogens with two attached hydrogens (primary N) is 1. The van der Waals surface area contributed by atoms with Crippen molar-refractivity contribution < 1.29 is 19.0 Å². The van der Waals surface area contributed by atoms with Gasteiger partial charge in [0.05, 0.1) is 36.4 Å². The molecule has 11 heteroatoms. The lowest BCUT2D eigenvalue weighted by Gasteiger charge is -2.24. The van der Waals surface area contributed by atoms with Crippen LogP contribution in [-0.2, 0) is 27.9 Å². The topological polar surface area (TPSA) is 137 Å². The maximum Gasteiger partial charge on any atom is 0.407 e. The Hall–Kier alpha value is -3.05. The molecule has 1 aliphatic carbocycles. The summed E-state index contributed by atoms with van der Waals surface area (Å²) in [6.45, 7) is 7.84. The largest absolute Gasteiger partial charge is 0.446 e. The summed E-state index contributed by atoms with van der Waals surface area (Å²) in [6.07, 6.45) is 10.7. The first-order chi connectivity index (χ1) is 18.4. The Bertz CT molecular complexity index is 1140. The molecule has 38 heavy (non-hydrogen) atoms. The van der Waals surface area contributed by atoms with E-state index < -0.39 is 0 Å². The van der Waals surface area contributed by atoms with Crippen LogP contribution in [0.3, 0.4) is 0 Å². The molecule has 0 bridgehead atoms. The van der Waals surface area contributed by atoms with Crippen molar-refractivity contribution in [3.8, 4) is 0 Å². The molecule has 0 spiro atoms. The molecular weight excluding hydrogens is 486 g/mol. The molecule has 5 atom stereocenters. The molecule has 210 valence electrons. The zero-order valence-electron chi connectivity index (χ0n) is 23.0. The Morgan fingerprint density at radius 3 is 2.84 bits per heavy atom. The predicted molar refractivity (Wildman–Crippen MR) is 146 cm³/mol. The smallest absolute Gasteiger partial charge is 0.407 e. The Morgan fingerprint density at radius 2 is 2.18 bits per heavy atom. The monoisotopic (exact) mass is 529 g/mol. The summed E-state index contributed by atoms with van der Waals surface area (Å²) in [7, 11) is 1.91. The molecule has 0 radical (unpaired) electrons. The van der Waals surface area contributed by atoms with Gasteiger partial charge in [-0.2, -0.15) is 10.2 Å². The summed E-state index contributed by atoms with van der Waals surface area (Å²) in [6, 6.07) is 0.217. The van der Waals surface area contributed by atoms with Crippen molar-refractivity contribution >= 4 is 23.8 Å². The minimum Gasteiger partial charge on any atom is -0.446 e. The molecule has 0 aromatic carbocycles. The number of hydrogen-bond acceptors (Lipinski definition) is 9. The van der Waals surface area contributed by atoms with E-state index in [0.29, 0.717) is 19.1 Å². The summed E-state index contributed by atoms with van der Waals surface area (Å²) in [4.78, 5) is 12.1. The molecule has 5 unspecified atom stereocenters. The van der Waals surface area contributed by atoms with E-state index in [2.05, 4.69) is 39.3 Å². The number of carbonyl (C=O) groups is 1. The van der Waals surface area contributed by atoms with Crippen molar-refractivity contribution in [1.82, 2.24) is 25.8 Å². The summed E-state index contributed by atoms with van der Waals surface area (Å²) in [5.41, 5.74) is 11.1. The lowest BCUT2D eigenvalue weighted by Crippen LogP contribution is -2.41. The highest BCUT2D eigenvalue weighted by molar-refractivity contribution is 5.97. The third kappa shape index (κ3) is 6.87. The first-order valence-electron chi connectivity index (χ1n) is 13.8. The fourth-order valence-electron chi connectivity index (χ4n) is 5.19. The molecule has 3 aliphatic rings. The van der Waals surface area contributed by atoms with E-state index in [9.17, 15) is 4.79 Å². The minimum atomic E-state index is -0.323. The molecule has 5 N–H and O–H groups in total. The molecule has 3 heterocycles. The molecule has 11 nitrogen and oxygen atoms in total. The number of aromatic nitrogens is 2. The maximum absolute atomic E-state index is 12.1. The second kappa shape index (κ2) is 13.1. The highest BCUT2D eigenvalue weighted by Gasteiger charge is 2.33. The average Bonchev–Trinajstić information content (AvgIpc) is 3.67. The van der Waals surface area contributed by atoms with E-state index >= 15 is 0 Å². The van der Waals surface area contributed by atoms with Gasteiger partial charge >= 0.3 is 6.09 Å². The van der Waals surface area contributed by atoms with E-state index in [4.69, 9.17) is 19.9 Å². The van der Waals surface area contributed by atoms with Crippen LogP contribution < -0.4 is 32.4 Å². The number of hydrazone groups is 1. The van der Waals surface area contributed by atoms with Gasteiger partial charge in [-0.25, -0.2) is 4.79 Å². The van der Waals surface area contributed by atoms with E-state index in [-0.39, 0.29) is 30.4 Å². The Labute approximate surface area is 224 Å². The number of nitrogens with zero attached hydrogens (tertiary/aromatic N) is 3. The van der Waals surface area contributed by atoms with Crippen LogP contribution in [0.25, 0.3) is 11.9 Å². The van der Waals surface area contributed by atoms with Crippen molar-refractivity contribution in [3.05, 3.63) is 28.4 Å². The van der Waals surface area contributed by atoms with E-state index in [1.54, 1.807) is 6.20 Å². The van der Waals surface area contributed by atoms with Gasteiger partial charge in [0.25, 0.3) is 0 Å². The van der Waals surface area contributed by atoms with Gasteiger partial charge < -0.3 is 36.0 Å². The number of aryl methyl sites for hydroxylation is 1. The SMILES string of the molecule is CC/C(NC1=NNC(C2CCC(OC(=O)NC(C)CC)C2)C=C1)=c1\c(=C/N)c(COC2CCOC2)nn1C. The fraction of sp³-hybridized carbons (Fsp3) is 0.667. The number of hydrogen-bond donors (Lipinski definition) is 4. The van der Waals surface area contributed by atoms with Gasteiger partial charge in [-0.3, -0.25) is 4.68 Å². The molecular formula is C27H43N7O4. The highest BCUT2D eigenvalue weighted by Crippen LogP contribution is 2.31. The highest BCUT2D eigenvalue weighted by atomic mass is 16.6.